The normalized spacial score (nSPS) is 26.1. The number of carbonyl (C=O) groups excluding carboxylic acids is 2. The van der Waals surface area contributed by atoms with Crippen LogP contribution in [0.3, 0.4) is 0 Å². The number of hydrogen-bond donors (Lipinski definition) is 2. The van der Waals surface area contributed by atoms with E-state index in [1.165, 1.54) is 19.8 Å². The van der Waals surface area contributed by atoms with E-state index in [-0.39, 0.29) is 17.9 Å². The van der Waals surface area contributed by atoms with E-state index in [1.807, 2.05) is 36.4 Å². The Bertz CT molecular complexity index is 855. The maximum Gasteiger partial charge on any atom is 0.251 e. The molecule has 0 spiro atoms. The van der Waals surface area contributed by atoms with E-state index >= 15 is 0 Å². The summed E-state index contributed by atoms with van der Waals surface area (Å²) >= 11 is 3.17. The Morgan fingerprint density at radius 1 is 1.11 bits per heavy atom. The fraction of sp³-hybridized carbons (Fsp3) is 0.429. The molecule has 4 heterocycles. The number of fused-ring (bicyclic) bond motifs is 3. The molecule has 2 amide bonds. The van der Waals surface area contributed by atoms with Crippen molar-refractivity contribution in [2.24, 2.45) is 5.92 Å². The lowest BCUT2D eigenvalue weighted by Crippen LogP contribution is -2.62. The number of benzene rings is 1. The molecule has 5 nitrogen and oxygen atoms in total. The number of hydrogen-bond acceptors (Lipinski definition) is 5. The fourth-order valence-corrected chi connectivity index (χ4v) is 6.24. The smallest absolute Gasteiger partial charge is 0.251 e. The van der Waals surface area contributed by atoms with Crippen LogP contribution in [0.1, 0.15) is 37.0 Å². The number of thiophene rings is 1. The molecule has 3 fully saturated rings. The van der Waals surface area contributed by atoms with Crippen molar-refractivity contribution in [2.75, 3.05) is 18.4 Å². The number of nitrogens with one attached hydrogen (secondary N) is 2. The van der Waals surface area contributed by atoms with Crippen molar-refractivity contribution in [2.45, 2.75) is 47.9 Å². The van der Waals surface area contributed by atoms with E-state index in [0.717, 1.165) is 27.2 Å². The van der Waals surface area contributed by atoms with Gasteiger partial charge in [0, 0.05) is 29.5 Å². The summed E-state index contributed by atoms with van der Waals surface area (Å²) in [5, 5.41) is 6.93. The fourth-order valence-electron chi connectivity index (χ4n) is 4.19. The minimum absolute atomic E-state index is 0.0196. The Labute approximate surface area is 173 Å². The van der Waals surface area contributed by atoms with Crippen LogP contribution in [0.4, 0.5) is 5.00 Å². The number of carbonyl (C=O) groups is 2. The number of anilines is 1. The van der Waals surface area contributed by atoms with Gasteiger partial charge >= 0.3 is 0 Å². The van der Waals surface area contributed by atoms with Gasteiger partial charge in [-0.15, -0.1) is 11.3 Å². The Hall–Kier alpha value is -1.83. The first kappa shape index (κ1) is 19.5. The van der Waals surface area contributed by atoms with Crippen molar-refractivity contribution in [1.29, 1.82) is 0 Å². The summed E-state index contributed by atoms with van der Waals surface area (Å²) in [6.45, 7) is 6.06. The zero-order chi connectivity index (χ0) is 19.7. The summed E-state index contributed by atoms with van der Waals surface area (Å²) in [7, 11) is 0. The van der Waals surface area contributed by atoms with Gasteiger partial charge in [-0.2, -0.15) is 0 Å². The highest BCUT2D eigenvalue weighted by Crippen LogP contribution is 2.36. The van der Waals surface area contributed by atoms with Gasteiger partial charge in [-0.05, 0) is 75.2 Å². The minimum atomic E-state index is -0.0638. The van der Waals surface area contributed by atoms with E-state index in [4.69, 9.17) is 0 Å². The lowest BCUT2D eigenvalue weighted by atomic mass is 9.79. The molecule has 3 saturated heterocycles. The Balaban J connectivity index is 1.37. The van der Waals surface area contributed by atoms with Crippen molar-refractivity contribution >= 4 is 39.9 Å². The molecule has 2 atom stereocenters. The van der Waals surface area contributed by atoms with Crippen LogP contribution in [0.5, 0.6) is 0 Å². The van der Waals surface area contributed by atoms with E-state index in [0.29, 0.717) is 17.5 Å². The Morgan fingerprint density at radius 3 is 2.46 bits per heavy atom. The molecule has 0 unspecified atom stereocenters. The van der Waals surface area contributed by atoms with E-state index in [9.17, 15) is 9.59 Å². The van der Waals surface area contributed by atoms with Gasteiger partial charge in [-0.3, -0.25) is 14.5 Å². The second kappa shape index (κ2) is 8.27. The lowest BCUT2D eigenvalue weighted by molar-refractivity contribution is -0.114. The molecule has 3 aliphatic heterocycles. The molecule has 7 heteroatoms. The van der Waals surface area contributed by atoms with E-state index in [1.54, 1.807) is 23.1 Å². The molecule has 148 valence electrons. The van der Waals surface area contributed by atoms with Crippen LogP contribution >= 0.6 is 23.1 Å². The number of rotatable bonds is 5. The standard InChI is InChI=1S/C21H25N3O2S2/c1-13-20(15-9-11-24(13)12-10-15)23-21(26)16-3-5-17(6-4-16)27-19-8-7-18(28-19)22-14(2)25/h3-8,13,15,20H,9-12H2,1-2H3,(H,22,25)(H,23,26)/t13-,20-/m0/s1. The third kappa shape index (κ3) is 4.26. The van der Waals surface area contributed by atoms with Crippen LogP contribution in [-0.2, 0) is 4.79 Å². The Morgan fingerprint density at radius 2 is 1.82 bits per heavy atom. The molecule has 0 aliphatic carbocycles. The minimum Gasteiger partial charge on any atom is -0.347 e. The van der Waals surface area contributed by atoms with Gasteiger partial charge in [0.15, 0.2) is 0 Å². The second-order valence-electron chi connectivity index (χ2n) is 7.54. The summed E-state index contributed by atoms with van der Waals surface area (Å²) in [6.07, 6.45) is 2.37. The topological polar surface area (TPSA) is 61.4 Å². The zero-order valence-electron chi connectivity index (χ0n) is 16.1. The molecule has 1 aromatic heterocycles. The van der Waals surface area contributed by atoms with Crippen LogP contribution in [-0.4, -0.2) is 41.9 Å². The molecule has 28 heavy (non-hydrogen) atoms. The van der Waals surface area contributed by atoms with Crippen molar-refractivity contribution in [1.82, 2.24) is 10.2 Å². The molecule has 0 radical (unpaired) electrons. The third-order valence-electron chi connectivity index (χ3n) is 5.69. The van der Waals surface area contributed by atoms with Crippen molar-refractivity contribution in [3.05, 3.63) is 42.0 Å². The highest BCUT2D eigenvalue weighted by molar-refractivity contribution is 8.01. The largest absolute Gasteiger partial charge is 0.347 e. The first-order valence-electron chi connectivity index (χ1n) is 9.70. The van der Waals surface area contributed by atoms with Gasteiger partial charge < -0.3 is 10.6 Å². The van der Waals surface area contributed by atoms with Crippen molar-refractivity contribution in [3.8, 4) is 0 Å². The average Bonchev–Trinajstić information content (AvgIpc) is 3.11. The number of amides is 2. The highest BCUT2D eigenvalue weighted by atomic mass is 32.2. The van der Waals surface area contributed by atoms with Gasteiger partial charge in [0.05, 0.1) is 9.21 Å². The van der Waals surface area contributed by atoms with Gasteiger partial charge in [0.1, 0.15) is 0 Å². The van der Waals surface area contributed by atoms with Crippen LogP contribution < -0.4 is 10.6 Å². The van der Waals surface area contributed by atoms with Crippen LogP contribution in [0.2, 0.25) is 0 Å². The summed E-state index contributed by atoms with van der Waals surface area (Å²) < 4.78 is 1.10. The maximum absolute atomic E-state index is 12.7. The van der Waals surface area contributed by atoms with Gasteiger partial charge in [-0.1, -0.05) is 11.8 Å². The predicted octanol–water partition coefficient (Wildman–Crippen LogP) is 4.07. The Kier molecular flexibility index (Phi) is 5.75. The van der Waals surface area contributed by atoms with Gasteiger partial charge in [-0.25, -0.2) is 0 Å². The molecule has 0 saturated carbocycles. The molecule has 3 aliphatic rings. The molecule has 2 N–H and O–H groups in total. The van der Waals surface area contributed by atoms with E-state index in [2.05, 4.69) is 22.5 Å². The van der Waals surface area contributed by atoms with Crippen LogP contribution in [0.15, 0.2) is 45.5 Å². The number of nitrogens with zero attached hydrogens (tertiary/aromatic N) is 1. The van der Waals surface area contributed by atoms with Gasteiger partial charge in [0.2, 0.25) is 5.91 Å². The second-order valence-corrected chi connectivity index (χ2v) is 10.00. The zero-order valence-corrected chi connectivity index (χ0v) is 17.7. The van der Waals surface area contributed by atoms with Crippen LogP contribution in [0, 0.1) is 5.92 Å². The molecular weight excluding hydrogens is 390 g/mol. The van der Waals surface area contributed by atoms with Crippen molar-refractivity contribution in [3.63, 3.8) is 0 Å². The SMILES string of the molecule is CC(=O)Nc1ccc(Sc2ccc(C(=O)N[C@@H]3C4CCN(CC4)[C@H]3C)cc2)s1. The van der Waals surface area contributed by atoms with Gasteiger partial charge in [0.25, 0.3) is 5.91 Å². The predicted molar refractivity (Wildman–Crippen MR) is 114 cm³/mol. The average molecular weight is 416 g/mol. The quantitative estimate of drug-likeness (QED) is 0.773. The molecule has 5 rings (SSSR count). The highest BCUT2D eigenvalue weighted by Gasteiger charge is 2.40. The first-order valence-corrected chi connectivity index (χ1v) is 11.3. The monoisotopic (exact) mass is 415 g/mol. The molecular formula is C21H25N3O2S2. The molecule has 2 aromatic rings. The van der Waals surface area contributed by atoms with Crippen molar-refractivity contribution < 1.29 is 9.59 Å². The summed E-state index contributed by atoms with van der Waals surface area (Å²) in [4.78, 5) is 27.4. The summed E-state index contributed by atoms with van der Waals surface area (Å²) in [5.74, 6) is 0.563. The third-order valence-corrected chi connectivity index (χ3v) is 7.83. The molecule has 1 aromatic carbocycles. The number of piperidine rings is 3. The maximum atomic E-state index is 12.7. The van der Waals surface area contributed by atoms with Crippen LogP contribution in [0.25, 0.3) is 0 Å². The first-order chi connectivity index (χ1) is 13.5. The lowest BCUT2D eigenvalue weighted by Gasteiger charge is -2.49. The summed E-state index contributed by atoms with van der Waals surface area (Å²) in [5.41, 5.74) is 0.707. The molecule has 2 bridgehead atoms. The van der Waals surface area contributed by atoms with E-state index < -0.39 is 0 Å². The summed E-state index contributed by atoms with van der Waals surface area (Å²) in [6, 6.07) is 12.3.